The topological polar surface area (TPSA) is 58.9 Å². The van der Waals surface area contributed by atoms with Crippen molar-refractivity contribution in [2.75, 3.05) is 0 Å². The molecule has 26 heavy (non-hydrogen) atoms. The van der Waals surface area contributed by atoms with Crippen molar-refractivity contribution >= 4 is 34.1 Å². The van der Waals surface area contributed by atoms with E-state index in [2.05, 4.69) is 9.97 Å². The van der Waals surface area contributed by atoms with Gasteiger partial charge in [0.25, 0.3) is 0 Å². The van der Waals surface area contributed by atoms with Crippen molar-refractivity contribution < 1.29 is 5.11 Å². The summed E-state index contributed by atoms with van der Waals surface area (Å²) in [6, 6.07) is 14.4. The number of halogens is 2. The van der Waals surface area contributed by atoms with Crippen molar-refractivity contribution in [2.45, 2.75) is 6.10 Å². The van der Waals surface area contributed by atoms with Crippen molar-refractivity contribution in [3.63, 3.8) is 0 Å². The van der Waals surface area contributed by atoms with Crippen LogP contribution in [0.25, 0.3) is 22.2 Å². The van der Waals surface area contributed by atoms with Gasteiger partial charge in [-0.25, -0.2) is 4.98 Å². The summed E-state index contributed by atoms with van der Waals surface area (Å²) in [5, 5.41) is 12.6. The van der Waals surface area contributed by atoms with E-state index in [0.29, 0.717) is 27.0 Å². The van der Waals surface area contributed by atoms with Crippen LogP contribution in [0.15, 0.2) is 67.1 Å². The van der Waals surface area contributed by atoms with E-state index in [4.69, 9.17) is 28.2 Å². The first kappa shape index (κ1) is 16.9. The fraction of sp³-hybridized carbons (Fsp3) is 0.0500. The number of rotatable bonds is 3. The zero-order valence-electron chi connectivity index (χ0n) is 13.5. The zero-order valence-corrected chi connectivity index (χ0v) is 15.0. The van der Waals surface area contributed by atoms with Gasteiger partial charge in [-0.15, -0.1) is 0 Å². The minimum Gasteiger partial charge on any atom is -0.382 e. The maximum Gasteiger partial charge on any atom is 0.122 e. The van der Waals surface area contributed by atoms with Gasteiger partial charge in [-0.3, -0.25) is 9.97 Å². The number of aromatic nitrogens is 3. The highest BCUT2D eigenvalue weighted by Gasteiger charge is 2.18. The smallest absolute Gasteiger partial charge is 0.122 e. The molecule has 1 aromatic carbocycles. The second-order valence-corrected chi connectivity index (χ2v) is 6.59. The summed E-state index contributed by atoms with van der Waals surface area (Å²) >= 11 is 12.1. The first-order valence-corrected chi connectivity index (χ1v) is 8.68. The molecule has 0 bridgehead atoms. The van der Waals surface area contributed by atoms with Crippen LogP contribution in [0.4, 0.5) is 0 Å². The van der Waals surface area contributed by atoms with Crippen LogP contribution in [0.5, 0.6) is 0 Å². The Labute approximate surface area is 160 Å². The lowest BCUT2D eigenvalue weighted by Gasteiger charge is -2.15. The summed E-state index contributed by atoms with van der Waals surface area (Å²) in [7, 11) is 0. The molecular weight excluding hydrogens is 369 g/mol. The molecule has 0 aliphatic carbocycles. The molecule has 6 heteroatoms. The molecule has 0 radical (unpaired) electrons. The van der Waals surface area contributed by atoms with E-state index in [1.165, 1.54) is 0 Å². The van der Waals surface area contributed by atoms with Gasteiger partial charge in [0.05, 0.1) is 26.9 Å². The Morgan fingerprint density at radius 3 is 2.46 bits per heavy atom. The maximum atomic E-state index is 11.0. The summed E-state index contributed by atoms with van der Waals surface area (Å²) in [5.74, 6) is 0. The van der Waals surface area contributed by atoms with Gasteiger partial charge in [0.1, 0.15) is 6.10 Å². The van der Waals surface area contributed by atoms with Crippen LogP contribution in [-0.2, 0) is 0 Å². The fourth-order valence-electron chi connectivity index (χ4n) is 2.82. The van der Waals surface area contributed by atoms with Crippen molar-refractivity contribution in [1.29, 1.82) is 0 Å². The normalized spacial score (nSPS) is 12.3. The Morgan fingerprint density at radius 2 is 1.69 bits per heavy atom. The Hall–Kier alpha value is -2.53. The quantitative estimate of drug-likeness (QED) is 0.537. The highest BCUT2D eigenvalue weighted by Crippen LogP contribution is 2.32. The Balaban J connectivity index is 1.91. The van der Waals surface area contributed by atoms with Gasteiger partial charge in [0.15, 0.2) is 0 Å². The van der Waals surface area contributed by atoms with Gasteiger partial charge >= 0.3 is 0 Å². The van der Waals surface area contributed by atoms with Crippen LogP contribution in [0.2, 0.25) is 10.0 Å². The Morgan fingerprint density at radius 1 is 0.885 bits per heavy atom. The molecular formula is C20H13Cl2N3O. The van der Waals surface area contributed by atoms with Crippen molar-refractivity contribution in [2.24, 2.45) is 0 Å². The molecule has 128 valence electrons. The predicted octanol–water partition coefficient (Wildman–Crippen LogP) is 5.08. The highest BCUT2D eigenvalue weighted by molar-refractivity contribution is 6.42. The van der Waals surface area contributed by atoms with E-state index in [9.17, 15) is 5.11 Å². The maximum absolute atomic E-state index is 11.0. The van der Waals surface area contributed by atoms with Crippen LogP contribution in [0.3, 0.4) is 0 Å². The third-order valence-electron chi connectivity index (χ3n) is 4.12. The molecule has 1 atom stereocenters. The van der Waals surface area contributed by atoms with Crippen LogP contribution in [0.1, 0.15) is 17.4 Å². The second-order valence-electron chi connectivity index (χ2n) is 5.77. The molecule has 1 unspecified atom stereocenters. The van der Waals surface area contributed by atoms with Crippen molar-refractivity contribution in [1.82, 2.24) is 15.0 Å². The van der Waals surface area contributed by atoms with Crippen LogP contribution >= 0.6 is 23.2 Å². The molecule has 4 rings (SSSR count). The summed E-state index contributed by atoms with van der Waals surface area (Å²) in [6.07, 6.45) is 4.16. The lowest BCUT2D eigenvalue weighted by Crippen LogP contribution is -2.05. The Bertz CT molecular complexity index is 1090. The first-order chi connectivity index (χ1) is 12.6. The summed E-state index contributed by atoms with van der Waals surface area (Å²) < 4.78 is 0. The minimum atomic E-state index is -0.960. The summed E-state index contributed by atoms with van der Waals surface area (Å²) in [4.78, 5) is 13.2. The zero-order chi connectivity index (χ0) is 18.1. The number of hydrogen-bond donors (Lipinski definition) is 1. The largest absolute Gasteiger partial charge is 0.382 e. The molecule has 0 saturated carbocycles. The number of pyridine rings is 3. The van der Waals surface area contributed by atoms with E-state index in [0.717, 1.165) is 16.5 Å². The fourth-order valence-corrected chi connectivity index (χ4v) is 3.13. The van der Waals surface area contributed by atoms with E-state index in [1.807, 2.05) is 30.3 Å². The number of benzene rings is 1. The van der Waals surface area contributed by atoms with Crippen LogP contribution in [0, 0.1) is 0 Å². The molecule has 0 aliphatic rings. The van der Waals surface area contributed by atoms with Gasteiger partial charge in [0.2, 0.25) is 0 Å². The predicted molar refractivity (Wildman–Crippen MR) is 103 cm³/mol. The average molecular weight is 382 g/mol. The number of hydrogen-bond acceptors (Lipinski definition) is 4. The third kappa shape index (κ3) is 3.15. The standard InChI is InChI=1S/C20H13Cl2N3O/c21-15-4-3-13(10-16(15)22)20(26)19-14-2-1-7-24-18(14)11-17(25-19)12-5-8-23-9-6-12/h1-11,20,26H. The van der Waals surface area contributed by atoms with E-state index < -0.39 is 6.10 Å². The summed E-state index contributed by atoms with van der Waals surface area (Å²) in [6.45, 7) is 0. The molecule has 4 aromatic rings. The number of aliphatic hydroxyl groups is 1. The molecule has 0 saturated heterocycles. The number of fused-ring (bicyclic) bond motifs is 1. The van der Waals surface area contributed by atoms with E-state index in [1.54, 1.807) is 36.8 Å². The number of aliphatic hydroxyl groups excluding tert-OH is 1. The molecule has 0 spiro atoms. The second kappa shape index (κ2) is 7.00. The van der Waals surface area contributed by atoms with Gasteiger partial charge in [0, 0.05) is 29.5 Å². The molecule has 0 amide bonds. The van der Waals surface area contributed by atoms with Crippen LogP contribution in [-0.4, -0.2) is 20.1 Å². The summed E-state index contributed by atoms with van der Waals surface area (Å²) in [5.41, 5.74) is 3.50. The van der Waals surface area contributed by atoms with Gasteiger partial charge in [-0.1, -0.05) is 29.3 Å². The van der Waals surface area contributed by atoms with Gasteiger partial charge < -0.3 is 5.11 Å². The molecule has 3 aromatic heterocycles. The average Bonchev–Trinajstić information content (AvgIpc) is 2.69. The molecule has 0 aliphatic heterocycles. The van der Waals surface area contributed by atoms with E-state index >= 15 is 0 Å². The first-order valence-electron chi connectivity index (χ1n) is 7.92. The van der Waals surface area contributed by atoms with E-state index in [-0.39, 0.29) is 0 Å². The lowest BCUT2D eigenvalue weighted by molar-refractivity contribution is 0.217. The monoisotopic (exact) mass is 381 g/mol. The van der Waals surface area contributed by atoms with Gasteiger partial charge in [-0.2, -0.15) is 0 Å². The molecule has 1 N–H and O–H groups in total. The SMILES string of the molecule is OC(c1ccc(Cl)c(Cl)c1)c1nc(-c2ccncc2)cc2ncccc12. The molecule has 4 nitrogen and oxygen atoms in total. The highest BCUT2D eigenvalue weighted by atomic mass is 35.5. The molecule has 0 fully saturated rings. The molecule has 3 heterocycles. The minimum absolute atomic E-state index is 0.385. The van der Waals surface area contributed by atoms with Gasteiger partial charge in [-0.05, 0) is 48.0 Å². The number of nitrogens with zero attached hydrogens (tertiary/aromatic N) is 3. The lowest BCUT2D eigenvalue weighted by atomic mass is 10.0. The third-order valence-corrected chi connectivity index (χ3v) is 4.86. The van der Waals surface area contributed by atoms with Crippen molar-refractivity contribution in [3.05, 3.63) is 88.4 Å². The Kier molecular flexibility index (Phi) is 4.55. The van der Waals surface area contributed by atoms with Crippen LogP contribution < -0.4 is 0 Å². The van der Waals surface area contributed by atoms with Crippen molar-refractivity contribution in [3.8, 4) is 11.3 Å².